The fourth-order valence-electron chi connectivity index (χ4n) is 1.68. The molecule has 2 aromatic rings. The van der Waals surface area contributed by atoms with E-state index in [9.17, 15) is 4.79 Å². The molecular formula is C13H15ClN4O. The quantitative estimate of drug-likeness (QED) is 0.847. The number of rotatable bonds is 3. The van der Waals surface area contributed by atoms with Crippen molar-refractivity contribution < 1.29 is 0 Å². The van der Waals surface area contributed by atoms with Gasteiger partial charge in [-0.25, -0.2) is 4.98 Å². The lowest BCUT2D eigenvalue weighted by Crippen LogP contribution is -2.24. The summed E-state index contributed by atoms with van der Waals surface area (Å²) in [6.45, 7) is 3.86. The van der Waals surface area contributed by atoms with Crippen molar-refractivity contribution in [2.75, 3.05) is 11.1 Å². The van der Waals surface area contributed by atoms with Gasteiger partial charge in [0, 0.05) is 24.1 Å². The third-order valence-corrected chi connectivity index (χ3v) is 3.00. The van der Waals surface area contributed by atoms with Gasteiger partial charge in [-0.05, 0) is 32.0 Å². The SMILES string of the molecule is CC(C)n1ccnc(Nc2cc(N)ccc2Cl)c1=O. The molecule has 1 aromatic carbocycles. The molecule has 0 aliphatic carbocycles. The van der Waals surface area contributed by atoms with Crippen LogP contribution in [0.3, 0.4) is 0 Å². The van der Waals surface area contributed by atoms with Gasteiger partial charge < -0.3 is 15.6 Å². The summed E-state index contributed by atoms with van der Waals surface area (Å²) in [5.74, 6) is 0.226. The van der Waals surface area contributed by atoms with Crippen LogP contribution >= 0.6 is 11.6 Å². The van der Waals surface area contributed by atoms with Crippen LogP contribution in [0.1, 0.15) is 19.9 Å². The summed E-state index contributed by atoms with van der Waals surface area (Å²) in [5, 5.41) is 3.40. The molecule has 0 aliphatic heterocycles. The van der Waals surface area contributed by atoms with Gasteiger partial charge in [0.2, 0.25) is 0 Å². The fraction of sp³-hybridized carbons (Fsp3) is 0.231. The maximum Gasteiger partial charge on any atom is 0.293 e. The topological polar surface area (TPSA) is 72.9 Å². The van der Waals surface area contributed by atoms with Crippen LogP contribution < -0.4 is 16.6 Å². The van der Waals surface area contributed by atoms with Crippen LogP contribution in [0.2, 0.25) is 5.02 Å². The molecule has 0 radical (unpaired) electrons. The Kier molecular flexibility index (Phi) is 3.76. The van der Waals surface area contributed by atoms with E-state index >= 15 is 0 Å². The minimum atomic E-state index is -0.198. The molecule has 0 saturated carbocycles. The van der Waals surface area contributed by atoms with E-state index < -0.39 is 0 Å². The van der Waals surface area contributed by atoms with Crippen molar-refractivity contribution in [3.8, 4) is 0 Å². The number of hydrogen-bond acceptors (Lipinski definition) is 4. The van der Waals surface area contributed by atoms with Gasteiger partial charge in [-0.15, -0.1) is 0 Å². The highest BCUT2D eigenvalue weighted by Crippen LogP contribution is 2.25. The van der Waals surface area contributed by atoms with Crippen LogP contribution in [0, 0.1) is 0 Å². The fourth-order valence-corrected chi connectivity index (χ4v) is 1.85. The lowest BCUT2D eigenvalue weighted by molar-refractivity contribution is 0.576. The Labute approximate surface area is 116 Å². The van der Waals surface area contributed by atoms with Crippen molar-refractivity contribution in [3.05, 3.63) is 46.0 Å². The first-order valence-corrected chi connectivity index (χ1v) is 6.26. The molecule has 0 amide bonds. The van der Waals surface area contributed by atoms with Crippen LogP contribution in [0.15, 0.2) is 35.4 Å². The highest BCUT2D eigenvalue weighted by molar-refractivity contribution is 6.33. The van der Waals surface area contributed by atoms with Gasteiger partial charge >= 0.3 is 0 Å². The Morgan fingerprint density at radius 3 is 2.84 bits per heavy atom. The molecule has 1 heterocycles. The zero-order valence-electron chi connectivity index (χ0n) is 10.7. The number of nitrogens with one attached hydrogen (secondary N) is 1. The first-order valence-electron chi connectivity index (χ1n) is 5.88. The third kappa shape index (κ3) is 2.88. The van der Waals surface area contributed by atoms with Crippen molar-refractivity contribution in [1.29, 1.82) is 0 Å². The third-order valence-electron chi connectivity index (χ3n) is 2.67. The highest BCUT2D eigenvalue weighted by Gasteiger charge is 2.09. The number of halogens is 1. The normalized spacial score (nSPS) is 10.7. The Balaban J connectivity index is 2.42. The van der Waals surface area contributed by atoms with E-state index in [1.165, 1.54) is 0 Å². The van der Waals surface area contributed by atoms with Crippen molar-refractivity contribution >= 4 is 28.8 Å². The summed E-state index contributed by atoms with van der Waals surface area (Å²) in [4.78, 5) is 16.2. The average Bonchev–Trinajstić information content (AvgIpc) is 2.36. The second-order valence-corrected chi connectivity index (χ2v) is 4.85. The van der Waals surface area contributed by atoms with E-state index in [1.54, 1.807) is 35.2 Å². The van der Waals surface area contributed by atoms with Crippen LogP contribution in [0.5, 0.6) is 0 Å². The molecular weight excluding hydrogens is 264 g/mol. The van der Waals surface area contributed by atoms with E-state index in [1.807, 2.05) is 13.8 Å². The summed E-state index contributed by atoms with van der Waals surface area (Å²) in [6, 6.07) is 5.09. The Hall–Kier alpha value is -2.01. The number of nitrogen functional groups attached to an aromatic ring is 1. The van der Waals surface area contributed by atoms with E-state index in [2.05, 4.69) is 10.3 Å². The lowest BCUT2D eigenvalue weighted by atomic mass is 10.3. The molecule has 6 heteroatoms. The number of anilines is 3. The first-order chi connectivity index (χ1) is 8.99. The van der Waals surface area contributed by atoms with Gasteiger partial charge in [0.15, 0.2) is 5.82 Å². The van der Waals surface area contributed by atoms with E-state index in [0.717, 1.165) is 0 Å². The number of aromatic nitrogens is 2. The van der Waals surface area contributed by atoms with Crippen LogP contribution in [0.4, 0.5) is 17.2 Å². The largest absolute Gasteiger partial charge is 0.399 e. The monoisotopic (exact) mass is 278 g/mol. The Morgan fingerprint density at radius 1 is 1.42 bits per heavy atom. The number of nitrogens with two attached hydrogens (primary N) is 1. The number of benzene rings is 1. The molecule has 19 heavy (non-hydrogen) atoms. The van der Waals surface area contributed by atoms with Crippen molar-refractivity contribution in [1.82, 2.24) is 9.55 Å². The van der Waals surface area contributed by atoms with Gasteiger partial charge in [0.25, 0.3) is 5.56 Å². The molecule has 0 spiro atoms. The minimum Gasteiger partial charge on any atom is -0.399 e. The number of nitrogens with zero attached hydrogens (tertiary/aromatic N) is 2. The zero-order chi connectivity index (χ0) is 14.0. The predicted molar refractivity (Wildman–Crippen MR) is 78.0 cm³/mol. The second kappa shape index (κ2) is 5.32. The van der Waals surface area contributed by atoms with Gasteiger partial charge in [0.1, 0.15) is 0 Å². The molecule has 0 bridgehead atoms. The highest BCUT2D eigenvalue weighted by atomic mass is 35.5. The molecule has 0 aliphatic rings. The van der Waals surface area contributed by atoms with Gasteiger partial charge in [-0.2, -0.15) is 0 Å². The maximum absolute atomic E-state index is 12.2. The predicted octanol–water partition coefficient (Wildman–Crippen LogP) is 2.80. The lowest BCUT2D eigenvalue weighted by Gasteiger charge is -2.12. The van der Waals surface area contributed by atoms with Gasteiger partial charge in [0.05, 0.1) is 10.7 Å². The minimum absolute atomic E-state index is 0.0624. The van der Waals surface area contributed by atoms with Crippen molar-refractivity contribution in [3.63, 3.8) is 0 Å². The zero-order valence-corrected chi connectivity index (χ0v) is 11.5. The second-order valence-electron chi connectivity index (χ2n) is 4.45. The smallest absolute Gasteiger partial charge is 0.293 e. The summed E-state index contributed by atoms with van der Waals surface area (Å²) >= 11 is 6.05. The Bertz CT molecular complexity index is 651. The number of hydrogen-bond donors (Lipinski definition) is 2. The molecule has 3 N–H and O–H groups in total. The van der Waals surface area contributed by atoms with Crippen molar-refractivity contribution in [2.24, 2.45) is 0 Å². The molecule has 0 fully saturated rings. The van der Waals surface area contributed by atoms with Crippen LogP contribution in [0.25, 0.3) is 0 Å². The molecule has 0 atom stereocenters. The molecule has 0 saturated heterocycles. The molecule has 5 nitrogen and oxygen atoms in total. The molecule has 100 valence electrons. The van der Waals surface area contributed by atoms with Gasteiger partial charge in [-0.3, -0.25) is 4.79 Å². The molecule has 0 unspecified atom stereocenters. The molecule has 2 rings (SSSR count). The van der Waals surface area contributed by atoms with E-state index in [-0.39, 0.29) is 17.4 Å². The standard InChI is InChI=1S/C13H15ClN4O/c1-8(2)18-6-5-16-12(13(18)19)17-11-7-9(15)3-4-10(11)14/h3-8H,15H2,1-2H3,(H,16,17). The van der Waals surface area contributed by atoms with Crippen molar-refractivity contribution in [2.45, 2.75) is 19.9 Å². The summed E-state index contributed by atoms with van der Waals surface area (Å²) in [5.41, 5.74) is 6.62. The first kappa shape index (κ1) is 13.4. The van der Waals surface area contributed by atoms with Crippen LogP contribution in [-0.4, -0.2) is 9.55 Å². The summed E-state index contributed by atoms with van der Waals surface area (Å²) in [6.07, 6.45) is 3.23. The van der Waals surface area contributed by atoms with Gasteiger partial charge in [-0.1, -0.05) is 11.6 Å². The van der Waals surface area contributed by atoms with E-state index in [4.69, 9.17) is 17.3 Å². The molecule has 1 aromatic heterocycles. The summed E-state index contributed by atoms with van der Waals surface area (Å²) in [7, 11) is 0. The Morgan fingerprint density at radius 2 is 2.16 bits per heavy atom. The summed E-state index contributed by atoms with van der Waals surface area (Å²) < 4.78 is 1.59. The van der Waals surface area contributed by atoms with E-state index in [0.29, 0.717) is 16.4 Å². The average molecular weight is 279 g/mol. The van der Waals surface area contributed by atoms with Crippen LogP contribution in [-0.2, 0) is 0 Å². The maximum atomic E-state index is 12.2.